The van der Waals surface area contributed by atoms with E-state index in [1.165, 1.54) is 31.0 Å². The second-order valence-corrected chi connectivity index (χ2v) is 8.85. The summed E-state index contributed by atoms with van der Waals surface area (Å²) in [6.07, 6.45) is 5.23. The van der Waals surface area contributed by atoms with Gasteiger partial charge in [-0.2, -0.15) is 0 Å². The Kier molecular flexibility index (Phi) is 4.24. The summed E-state index contributed by atoms with van der Waals surface area (Å²) in [5.74, 6) is 0.393. The molecule has 0 unspecified atom stereocenters. The lowest BCUT2D eigenvalue weighted by atomic mass is 9.73. The van der Waals surface area contributed by atoms with Gasteiger partial charge in [0.15, 0.2) is 0 Å². The Morgan fingerprint density at radius 1 is 1.26 bits per heavy atom. The number of carbonyl (C=O) groups is 1. The van der Waals surface area contributed by atoms with Crippen LogP contribution >= 0.6 is 0 Å². The third kappa shape index (κ3) is 3.17. The van der Waals surface area contributed by atoms with Gasteiger partial charge in [-0.3, -0.25) is 9.69 Å². The van der Waals surface area contributed by atoms with Gasteiger partial charge in [0.25, 0.3) is 0 Å². The van der Waals surface area contributed by atoms with Gasteiger partial charge in [0.1, 0.15) is 11.6 Å². The van der Waals surface area contributed by atoms with Crippen molar-refractivity contribution in [3.05, 3.63) is 35.4 Å². The zero-order chi connectivity index (χ0) is 18.6. The number of nitrogens with one attached hydrogen (secondary N) is 1. The summed E-state index contributed by atoms with van der Waals surface area (Å²) in [7, 11) is 0. The summed E-state index contributed by atoms with van der Waals surface area (Å²) in [4.78, 5) is 14.2. The van der Waals surface area contributed by atoms with Crippen LogP contribution in [0.3, 0.4) is 0 Å². The van der Waals surface area contributed by atoms with E-state index >= 15 is 0 Å². The van der Waals surface area contributed by atoms with Crippen molar-refractivity contribution in [2.24, 2.45) is 17.8 Å². The molecule has 6 heteroatoms. The number of carbonyl (C=O) groups excluding carboxylic acids is 1. The van der Waals surface area contributed by atoms with E-state index in [1.807, 2.05) is 0 Å². The Morgan fingerprint density at radius 2 is 2.04 bits per heavy atom. The fourth-order valence-corrected chi connectivity index (χ4v) is 5.48. The van der Waals surface area contributed by atoms with Crippen molar-refractivity contribution in [3.63, 3.8) is 0 Å². The molecule has 0 radical (unpaired) electrons. The van der Waals surface area contributed by atoms with E-state index in [4.69, 9.17) is 4.74 Å². The van der Waals surface area contributed by atoms with Crippen molar-refractivity contribution in [3.8, 4) is 0 Å². The van der Waals surface area contributed by atoms with Crippen molar-refractivity contribution < 1.29 is 18.3 Å². The van der Waals surface area contributed by atoms with Gasteiger partial charge in [0.05, 0.1) is 11.7 Å². The maximum Gasteiger partial charge on any atom is 0.220 e. The number of hydrogen-bond donors (Lipinski definition) is 1. The fourth-order valence-electron chi connectivity index (χ4n) is 5.48. The molecular formula is C21H26F2N2O2. The van der Waals surface area contributed by atoms with Crippen molar-refractivity contribution >= 4 is 5.91 Å². The molecule has 5 rings (SSSR count). The number of ether oxygens (including phenoxy) is 1. The lowest BCUT2D eigenvalue weighted by Gasteiger charge is -2.29. The minimum atomic E-state index is -0.487. The summed E-state index contributed by atoms with van der Waals surface area (Å²) in [5.41, 5.74) is -0.0594. The van der Waals surface area contributed by atoms with Crippen LogP contribution in [0.1, 0.15) is 37.7 Å². The lowest BCUT2D eigenvalue weighted by molar-refractivity contribution is -0.121. The van der Waals surface area contributed by atoms with E-state index in [1.54, 1.807) is 0 Å². The quantitative estimate of drug-likeness (QED) is 0.830. The summed E-state index contributed by atoms with van der Waals surface area (Å²) < 4.78 is 34.4. The molecule has 1 N–H and O–H groups in total. The predicted octanol–water partition coefficient (Wildman–Crippen LogP) is 2.86. The molecule has 3 heterocycles. The number of fused-ring (bicyclic) bond motifs is 1. The average molecular weight is 376 g/mol. The maximum atomic E-state index is 14.0. The van der Waals surface area contributed by atoms with Crippen LogP contribution in [0.25, 0.3) is 0 Å². The summed E-state index contributed by atoms with van der Waals surface area (Å²) in [6, 6.07) is 4.03. The molecule has 146 valence electrons. The molecule has 4 fully saturated rings. The fraction of sp³-hybridized carbons (Fsp3) is 0.667. The molecule has 1 amide bonds. The molecule has 27 heavy (non-hydrogen) atoms. The first-order valence-electron chi connectivity index (χ1n) is 10.1. The third-order valence-corrected chi connectivity index (χ3v) is 7.00. The minimum absolute atomic E-state index is 0.137. The van der Waals surface area contributed by atoms with Crippen LogP contribution in [0.4, 0.5) is 8.78 Å². The van der Waals surface area contributed by atoms with Crippen LogP contribution in [-0.4, -0.2) is 42.1 Å². The van der Waals surface area contributed by atoms with E-state index < -0.39 is 11.6 Å². The average Bonchev–Trinajstić information content (AvgIpc) is 3.12. The number of likely N-dealkylation sites (tertiary alicyclic amines) is 1. The van der Waals surface area contributed by atoms with Gasteiger partial charge >= 0.3 is 0 Å². The Balaban J connectivity index is 1.25. The van der Waals surface area contributed by atoms with Crippen molar-refractivity contribution in [2.45, 2.75) is 50.4 Å². The van der Waals surface area contributed by atoms with Crippen molar-refractivity contribution in [1.29, 1.82) is 0 Å². The van der Waals surface area contributed by atoms with Crippen LogP contribution in [0, 0.1) is 29.4 Å². The predicted molar refractivity (Wildman–Crippen MR) is 95.8 cm³/mol. The van der Waals surface area contributed by atoms with Gasteiger partial charge in [-0.15, -0.1) is 0 Å². The minimum Gasteiger partial charge on any atom is -0.370 e. The number of halogens is 2. The van der Waals surface area contributed by atoms with Gasteiger partial charge in [0.2, 0.25) is 5.91 Å². The van der Waals surface area contributed by atoms with Crippen LogP contribution in [-0.2, 0) is 16.1 Å². The third-order valence-electron chi connectivity index (χ3n) is 7.00. The molecule has 1 aromatic rings. The molecule has 1 aromatic carbocycles. The normalized spacial score (nSPS) is 34.8. The highest BCUT2D eigenvalue weighted by Gasteiger charge is 2.62. The first kappa shape index (κ1) is 17.6. The molecule has 4 atom stereocenters. The van der Waals surface area contributed by atoms with Crippen LogP contribution in [0.15, 0.2) is 18.2 Å². The molecule has 1 aliphatic carbocycles. The van der Waals surface area contributed by atoms with Crippen molar-refractivity contribution in [2.75, 3.05) is 19.6 Å². The molecule has 3 aliphatic heterocycles. The maximum absolute atomic E-state index is 14.0. The number of nitrogens with zero attached hydrogens (tertiary/aromatic N) is 1. The van der Waals surface area contributed by atoms with E-state index in [0.29, 0.717) is 37.3 Å². The van der Waals surface area contributed by atoms with E-state index in [-0.39, 0.29) is 29.7 Å². The highest BCUT2D eigenvalue weighted by atomic mass is 19.1. The monoisotopic (exact) mass is 376 g/mol. The van der Waals surface area contributed by atoms with Gasteiger partial charge in [-0.05, 0) is 43.7 Å². The van der Waals surface area contributed by atoms with E-state index in [2.05, 4.69) is 10.2 Å². The molecule has 2 bridgehead atoms. The number of benzene rings is 1. The lowest BCUT2D eigenvalue weighted by Crippen LogP contribution is -2.41. The number of hydrogen-bond acceptors (Lipinski definition) is 3. The SMILES string of the molecule is O=C(CC1CC1)NC[C@H]1[C@H]2CN(Cc3c(F)cccc3F)C[C@]23CC[C@H]1O3. The van der Waals surface area contributed by atoms with Crippen LogP contribution in [0.2, 0.25) is 0 Å². The smallest absolute Gasteiger partial charge is 0.220 e. The number of rotatable bonds is 6. The van der Waals surface area contributed by atoms with Gasteiger partial charge in [-0.1, -0.05) is 6.07 Å². The number of amides is 1. The molecule has 1 spiro atoms. The Bertz CT molecular complexity index is 733. The molecule has 1 saturated carbocycles. The topological polar surface area (TPSA) is 41.6 Å². The van der Waals surface area contributed by atoms with Crippen LogP contribution < -0.4 is 5.32 Å². The first-order chi connectivity index (χ1) is 13.0. The highest BCUT2D eigenvalue weighted by Crippen LogP contribution is 2.54. The van der Waals surface area contributed by atoms with E-state index in [9.17, 15) is 13.6 Å². The summed E-state index contributed by atoms with van der Waals surface area (Å²) in [6.45, 7) is 2.41. The molecule has 0 aromatic heterocycles. The second kappa shape index (κ2) is 6.52. The van der Waals surface area contributed by atoms with Gasteiger partial charge in [0, 0.05) is 50.0 Å². The molecule has 3 saturated heterocycles. The zero-order valence-electron chi connectivity index (χ0n) is 15.4. The zero-order valence-corrected chi connectivity index (χ0v) is 15.4. The van der Waals surface area contributed by atoms with Gasteiger partial charge < -0.3 is 10.1 Å². The summed E-state index contributed by atoms with van der Waals surface area (Å²) >= 11 is 0. The summed E-state index contributed by atoms with van der Waals surface area (Å²) in [5, 5.41) is 3.12. The molecule has 4 nitrogen and oxygen atoms in total. The van der Waals surface area contributed by atoms with Crippen LogP contribution in [0.5, 0.6) is 0 Å². The largest absolute Gasteiger partial charge is 0.370 e. The molecule has 4 aliphatic rings. The van der Waals surface area contributed by atoms with Crippen molar-refractivity contribution in [1.82, 2.24) is 10.2 Å². The highest BCUT2D eigenvalue weighted by molar-refractivity contribution is 5.76. The molecular weight excluding hydrogens is 350 g/mol. The van der Waals surface area contributed by atoms with E-state index in [0.717, 1.165) is 19.4 Å². The Labute approximate surface area is 158 Å². The Hall–Kier alpha value is -1.53. The van der Waals surface area contributed by atoms with Gasteiger partial charge in [-0.25, -0.2) is 8.78 Å². The second-order valence-electron chi connectivity index (χ2n) is 8.85. The Morgan fingerprint density at radius 3 is 2.78 bits per heavy atom. The standard InChI is InChI=1S/C21H26F2N2O2/c22-17-2-1-3-18(23)15(17)10-25-11-16-14(9-24-20(26)8-13-4-5-13)19-6-7-21(16,12-25)27-19/h1-3,13-14,16,19H,4-12H2,(H,24,26)/t14-,16+,19+,21+/m0/s1. The first-order valence-corrected chi connectivity index (χ1v) is 10.1.